The number of hydrogen-bond donors (Lipinski definition) is 1. The Hall–Kier alpha value is -1.38. The summed E-state index contributed by atoms with van der Waals surface area (Å²) in [5.41, 5.74) is -0.0127. The molecular formula is C9H9NO2. The van der Waals surface area contributed by atoms with Gasteiger partial charge in [0.05, 0.1) is 5.41 Å². The molecule has 0 aromatic carbocycles. The van der Waals surface area contributed by atoms with E-state index < -0.39 is 5.41 Å². The number of imide groups is 1. The number of hydrogen-bond acceptors (Lipinski definition) is 2. The summed E-state index contributed by atoms with van der Waals surface area (Å²) in [6.45, 7) is 1.79. The third-order valence-electron chi connectivity index (χ3n) is 2.49. The van der Waals surface area contributed by atoms with Crippen molar-refractivity contribution in [3.8, 4) is 0 Å². The summed E-state index contributed by atoms with van der Waals surface area (Å²) in [5, 5.41) is 2.31. The Balaban J connectivity index is 2.54. The quantitative estimate of drug-likeness (QED) is 0.529. The van der Waals surface area contributed by atoms with Gasteiger partial charge in [-0.15, -0.1) is 0 Å². The van der Waals surface area contributed by atoms with Crippen LogP contribution in [0.5, 0.6) is 0 Å². The molecule has 12 heavy (non-hydrogen) atoms. The van der Waals surface area contributed by atoms with E-state index in [1.54, 1.807) is 13.0 Å². The molecule has 2 aliphatic rings. The van der Waals surface area contributed by atoms with Gasteiger partial charge in [0.2, 0.25) is 5.91 Å². The fraction of sp³-hybridized carbons (Fsp3) is 0.333. The number of allylic oxidation sites excluding steroid dienone is 3. The van der Waals surface area contributed by atoms with Crippen molar-refractivity contribution in [2.45, 2.75) is 13.3 Å². The average Bonchev–Trinajstić information content (AvgIpc) is 2.25. The van der Waals surface area contributed by atoms with Crippen LogP contribution < -0.4 is 5.32 Å². The van der Waals surface area contributed by atoms with Crippen LogP contribution >= 0.6 is 0 Å². The number of nitrogens with one attached hydrogen (secondary N) is 1. The first-order valence-corrected chi connectivity index (χ1v) is 3.88. The van der Waals surface area contributed by atoms with Gasteiger partial charge in [-0.3, -0.25) is 14.9 Å². The molecule has 1 fully saturated rings. The molecule has 0 radical (unpaired) electrons. The molecule has 0 bridgehead atoms. The first-order valence-electron chi connectivity index (χ1n) is 3.88. The van der Waals surface area contributed by atoms with Crippen molar-refractivity contribution in [2.24, 2.45) is 5.41 Å². The molecule has 2 rings (SSSR count). The van der Waals surface area contributed by atoms with Gasteiger partial charge in [-0.1, -0.05) is 18.2 Å². The fourth-order valence-electron chi connectivity index (χ4n) is 1.61. The van der Waals surface area contributed by atoms with Crippen LogP contribution in [0.2, 0.25) is 0 Å². The topological polar surface area (TPSA) is 46.2 Å². The maximum atomic E-state index is 11.3. The molecule has 1 N–H and O–H groups in total. The largest absolute Gasteiger partial charge is 0.292 e. The smallest absolute Gasteiger partial charge is 0.254 e. The first kappa shape index (κ1) is 7.28. The van der Waals surface area contributed by atoms with Crippen molar-refractivity contribution in [1.29, 1.82) is 0 Å². The summed E-state index contributed by atoms with van der Waals surface area (Å²) in [4.78, 5) is 22.5. The summed E-state index contributed by atoms with van der Waals surface area (Å²) < 4.78 is 0. The van der Waals surface area contributed by atoms with Gasteiger partial charge in [0, 0.05) is 5.57 Å². The van der Waals surface area contributed by atoms with Gasteiger partial charge in [-0.25, -0.2) is 0 Å². The lowest BCUT2D eigenvalue weighted by molar-refractivity contribution is -0.127. The predicted molar refractivity (Wildman–Crippen MR) is 43.1 cm³/mol. The van der Waals surface area contributed by atoms with Crippen molar-refractivity contribution in [1.82, 2.24) is 5.32 Å². The summed E-state index contributed by atoms with van der Waals surface area (Å²) in [7, 11) is 0. The highest BCUT2D eigenvalue weighted by Crippen LogP contribution is 2.38. The second-order valence-electron chi connectivity index (χ2n) is 3.33. The maximum Gasteiger partial charge on any atom is 0.254 e. The Morgan fingerprint density at radius 3 is 2.92 bits per heavy atom. The van der Waals surface area contributed by atoms with Crippen molar-refractivity contribution >= 4 is 11.8 Å². The van der Waals surface area contributed by atoms with Crippen LogP contribution in [0.4, 0.5) is 0 Å². The zero-order valence-corrected chi connectivity index (χ0v) is 6.76. The van der Waals surface area contributed by atoms with Crippen LogP contribution in [0.1, 0.15) is 13.3 Å². The first-order chi connectivity index (χ1) is 5.64. The van der Waals surface area contributed by atoms with Crippen molar-refractivity contribution < 1.29 is 9.59 Å². The molecule has 62 valence electrons. The zero-order chi connectivity index (χ0) is 8.77. The lowest BCUT2D eigenvalue weighted by Gasteiger charge is -2.21. The minimum Gasteiger partial charge on any atom is -0.292 e. The third kappa shape index (κ3) is 0.706. The fourth-order valence-corrected chi connectivity index (χ4v) is 1.61. The molecule has 3 nitrogen and oxygen atoms in total. The molecule has 0 aromatic rings. The predicted octanol–water partition coefficient (Wildman–Crippen LogP) is 0.535. The molecule has 3 heteroatoms. The molecule has 1 aliphatic heterocycles. The maximum absolute atomic E-state index is 11.3. The molecule has 1 atom stereocenters. The van der Waals surface area contributed by atoms with E-state index in [2.05, 4.69) is 5.32 Å². The summed E-state index contributed by atoms with van der Waals surface area (Å²) in [6, 6.07) is 0. The third-order valence-corrected chi connectivity index (χ3v) is 2.49. The van der Waals surface area contributed by atoms with Gasteiger partial charge < -0.3 is 0 Å². The molecule has 1 aliphatic carbocycles. The van der Waals surface area contributed by atoms with E-state index in [-0.39, 0.29) is 11.8 Å². The van der Waals surface area contributed by atoms with Crippen LogP contribution in [-0.2, 0) is 9.59 Å². The van der Waals surface area contributed by atoms with E-state index in [0.29, 0.717) is 12.0 Å². The van der Waals surface area contributed by atoms with E-state index in [1.807, 2.05) is 12.2 Å². The van der Waals surface area contributed by atoms with Crippen molar-refractivity contribution in [3.63, 3.8) is 0 Å². The Morgan fingerprint density at radius 2 is 2.25 bits per heavy atom. The number of fused-ring (bicyclic) bond motifs is 1. The Kier molecular flexibility index (Phi) is 1.25. The summed E-state index contributed by atoms with van der Waals surface area (Å²) in [6.07, 6.45) is 6.05. The van der Waals surface area contributed by atoms with Gasteiger partial charge >= 0.3 is 0 Å². The van der Waals surface area contributed by atoms with E-state index in [4.69, 9.17) is 0 Å². The van der Waals surface area contributed by atoms with Gasteiger partial charge in [-0.05, 0) is 13.3 Å². The van der Waals surface area contributed by atoms with E-state index >= 15 is 0 Å². The van der Waals surface area contributed by atoms with E-state index in [9.17, 15) is 9.59 Å². The van der Waals surface area contributed by atoms with Gasteiger partial charge in [0.25, 0.3) is 5.91 Å². The molecule has 1 saturated heterocycles. The van der Waals surface area contributed by atoms with Crippen LogP contribution in [0, 0.1) is 5.41 Å². The highest BCUT2D eigenvalue weighted by molar-refractivity contribution is 6.17. The highest BCUT2D eigenvalue weighted by Gasteiger charge is 2.46. The number of rotatable bonds is 0. The van der Waals surface area contributed by atoms with Crippen LogP contribution in [-0.4, -0.2) is 11.8 Å². The van der Waals surface area contributed by atoms with Crippen LogP contribution in [0.15, 0.2) is 23.8 Å². The lowest BCUT2D eigenvalue weighted by Crippen LogP contribution is -2.29. The highest BCUT2D eigenvalue weighted by atomic mass is 16.2. The van der Waals surface area contributed by atoms with E-state index in [1.165, 1.54) is 0 Å². The Labute approximate surface area is 70.1 Å². The summed E-state index contributed by atoms with van der Waals surface area (Å²) in [5.74, 6) is -0.421. The molecule has 0 spiro atoms. The second-order valence-corrected chi connectivity index (χ2v) is 3.33. The average molecular weight is 163 g/mol. The number of carbonyl (C=O) groups is 2. The lowest BCUT2D eigenvalue weighted by atomic mass is 9.78. The number of carbonyl (C=O) groups excluding carboxylic acids is 2. The van der Waals surface area contributed by atoms with Gasteiger partial charge in [0.1, 0.15) is 0 Å². The molecule has 2 amide bonds. The minimum absolute atomic E-state index is 0.178. The van der Waals surface area contributed by atoms with Crippen molar-refractivity contribution in [3.05, 3.63) is 23.8 Å². The molecule has 0 saturated carbocycles. The normalized spacial score (nSPS) is 32.9. The minimum atomic E-state index is -0.605. The SMILES string of the molecule is CC12CC=CC=C1C(=O)NC2=O. The second kappa shape index (κ2) is 2.06. The monoisotopic (exact) mass is 163 g/mol. The van der Waals surface area contributed by atoms with Crippen LogP contribution in [0.3, 0.4) is 0 Å². The molecule has 1 heterocycles. The number of amides is 2. The molecule has 0 aromatic heterocycles. The van der Waals surface area contributed by atoms with Gasteiger partial charge in [-0.2, -0.15) is 0 Å². The summed E-state index contributed by atoms with van der Waals surface area (Å²) >= 11 is 0. The Morgan fingerprint density at radius 1 is 1.50 bits per heavy atom. The van der Waals surface area contributed by atoms with Gasteiger partial charge in [0.15, 0.2) is 0 Å². The van der Waals surface area contributed by atoms with Crippen molar-refractivity contribution in [2.75, 3.05) is 0 Å². The Bertz CT molecular complexity index is 327. The molecular weight excluding hydrogens is 154 g/mol. The standard InChI is InChI=1S/C9H9NO2/c1-9-5-3-2-4-6(9)7(11)10-8(9)12/h2-4H,5H2,1H3,(H,10,11,12). The van der Waals surface area contributed by atoms with Crippen LogP contribution in [0.25, 0.3) is 0 Å². The zero-order valence-electron chi connectivity index (χ0n) is 6.76. The molecule has 1 unspecified atom stereocenters. The van der Waals surface area contributed by atoms with E-state index in [0.717, 1.165) is 0 Å².